The van der Waals surface area contributed by atoms with E-state index in [1.54, 1.807) is 18.4 Å². The average Bonchev–Trinajstić information content (AvgIpc) is 3.17. The molecule has 0 radical (unpaired) electrons. The molecule has 0 saturated carbocycles. The molecule has 1 fully saturated rings. The Bertz CT molecular complexity index is 931. The van der Waals surface area contributed by atoms with Crippen LogP contribution in [0.4, 0.5) is 4.79 Å². The zero-order valence-corrected chi connectivity index (χ0v) is 17.6. The number of urea groups is 1. The molecule has 0 spiro atoms. The van der Waals surface area contributed by atoms with Gasteiger partial charge in [0.2, 0.25) is 0 Å². The van der Waals surface area contributed by atoms with Crippen LogP contribution in [0.5, 0.6) is 10.9 Å². The number of rotatable bonds is 5. The Kier molecular flexibility index (Phi) is 5.97. The molecule has 29 heavy (non-hydrogen) atoms. The van der Waals surface area contributed by atoms with Gasteiger partial charge in [0.15, 0.2) is 0 Å². The van der Waals surface area contributed by atoms with E-state index < -0.39 is 0 Å². The number of fused-ring (bicyclic) bond motifs is 1. The van der Waals surface area contributed by atoms with Crippen molar-refractivity contribution < 1.29 is 9.53 Å². The highest BCUT2D eigenvalue weighted by molar-refractivity contribution is 7.20. The van der Waals surface area contributed by atoms with Gasteiger partial charge in [0.05, 0.1) is 10.2 Å². The second-order valence-corrected chi connectivity index (χ2v) is 8.36. The summed E-state index contributed by atoms with van der Waals surface area (Å²) in [5.74, 6) is 0.804. The SMILES string of the molecule is CNC(=O)N(C)C1CCN(Cc2ccc(Oc3nc4ccccc4s3)cc2)CC1. The van der Waals surface area contributed by atoms with E-state index in [1.165, 1.54) is 5.56 Å². The number of hydrogen-bond acceptors (Lipinski definition) is 5. The van der Waals surface area contributed by atoms with Crippen LogP contribution in [0.25, 0.3) is 10.2 Å². The van der Waals surface area contributed by atoms with Gasteiger partial charge in [0.25, 0.3) is 5.19 Å². The summed E-state index contributed by atoms with van der Waals surface area (Å²) in [4.78, 5) is 20.6. The molecule has 1 aromatic heterocycles. The molecule has 6 nitrogen and oxygen atoms in total. The fraction of sp³-hybridized carbons (Fsp3) is 0.364. The van der Waals surface area contributed by atoms with Crippen molar-refractivity contribution in [2.24, 2.45) is 0 Å². The third kappa shape index (κ3) is 4.68. The maximum absolute atomic E-state index is 11.8. The number of nitrogens with zero attached hydrogens (tertiary/aromatic N) is 3. The van der Waals surface area contributed by atoms with Crippen LogP contribution < -0.4 is 10.1 Å². The van der Waals surface area contributed by atoms with Crippen LogP contribution in [0.2, 0.25) is 0 Å². The van der Waals surface area contributed by atoms with E-state index >= 15 is 0 Å². The molecule has 0 aliphatic carbocycles. The number of amides is 2. The average molecular weight is 411 g/mol. The van der Waals surface area contributed by atoms with Gasteiger partial charge in [-0.25, -0.2) is 9.78 Å². The first-order valence-electron chi connectivity index (χ1n) is 9.91. The zero-order chi connectivity index (χ0) is 20.2. The van der Waals surface area contributed by atoms with Gasteiger partial charge >= 0.3 is 6.03 Å². The molecule has 3 aromatic rings. The summed E-state index contributed by atoms with van der Waals surface area (Å²) in [7, 11) is 3.56. The third-order valence-corrected chi connectivity index (χ3v) is 6.36. The topological polar surface area (TPSA) is 57.7 Å². The number of para-hydroxylation sites is 1. The van der Waals surface area contributed by atoms with E-state index in [2.05, 4.69) is 33.4 Å². The first kappa shape index (κ1) is 19.7. The van der Waals surface area contributed by atoms with Crippen molar-refractivity contribution in [2.75, 3.05) is 27.2 Å². The molecule has 0 atom stereocenters. The maximum atomic E-state index is 11.8. The lowest BCUT2D eigenvalue weighted by atomic mass is 10.0. The largest absolute Gasteiger partial charge is 0.431 e. The predicted octanol–water partition coefficient (Wildman–Crippen LogP) is 4.32. The Labute approximate surface area is 175 Å². The van der Waals surface area contributed by atoms with Gasteiger partial charge in [-0.05, 0) is 42.7 Å². The minimum Gasteiger partial charge on any atom is -0.431 e. The Morgan fingerprint density at radius 3 is 2.62 bits per heavy atom. The van der Waals surface area contributed by atoms with Gasteiger partial charge in [0, 0.05) is 39.8 Å². The lowest BCUT2D eigenvalue weighted by Gasteiger charge is -2.36. The van der Waals surface area contributed by atoms with Crippen molar-refractivity contribution in [2.45, 2.75) is 25.4 Å². The number of nitrogens with one attached hydrogen (secondary N) is 1. The van der Waals surface area contributed by atoms with Gasteiger partial charge in [-0.1, -0.05) is 35.6 Å². The summed E-state index contributed by atoms with van der Waals surface area (Å²) in [5.41, 5.74) is 2.23. The summed E-state index contributed by atoms with van der Waals surface area (Å²) in [5, 5.41) is 3.37. The minimum absolute atomic E-state index is 0.00725. The molecule has 7 heteroatoms. The van der Waals surface area contributed by atoms with Crippen LogP contribution in [-0.2, 0) is 6.54 Å². The fourth-order valence-corrected chi connectivity index (χ4v) is 4.56. The second kappa shape index (κ2) is 8.80. The first-order valence-corrected chi connectivity index (χ1v) is 10.7. The number of ether oxygens (including phenoxy) is 1. The van der Waals surface area contributed by atoms with Gasteiger partial charge in [-0.3, -0.25) is 4.90 Å². The number of aromatic nitrogens is 1. The van der Waals surface area contributed by atoms with Crippen molar-refractivity contribution in [3.63, 3.8) is 0 Å². The number of piperidine rings is 1. The molecule has 1 N–H and O–H groups in total. The molecule has 152 valence electrons. The van der Waals surface area contributed by atoms with Crippen LogP contribution >= 0.6 is 11.3 Å². The predicted molar refractivity (Wildman–Crippen MR) is 117 cm³/mol. The number of hydrogen-bond donors (Lipinski definition) is 1. The molecular formula is C22H26N4O2S. The molecule has 1 saturated heterocycles. The molecule has 2 amide bonds. The number of carbonyl (C=O) groups is 1. The van der Waals surface area contributed by atoms with Crippen LogP contribution in [0.1, 0.15) is 18.4 Å². The lowest BCUT2D eigenvalue weighted by molar-refractivity contribution is 0.132. The Balaban J connectivity index is 1.30. The molecule has 1 aliphatic rings. The van der Waals surface area contributed by atoms with Crippen molar-refractivity contribution in [3.8, 4) is 10.9 Å². The van der Waals surface area contributed by atoms with E-state index in [0.717, 1.165) is 48.4 Å². The van der Waals surface area contributed by atoms with Gasteiger partial charge in [-0.2, -0.15) is 0 Å². The normalized spacial score (nSPS) is 15.4. The Morgan fingerprint density at radius 1 is 1.21 bits per heavy atom. The van der Waals surface area contributed by atoms with Crippen LogP contribution in [0, 0.1) is 0 Å². The van der Waals surface area contributed by atoms with Crippen LogP contribution in [0.3, 0.4) is 0 Å². The smallest absolute Gasteiger partial charge is 0.317 e. The van der Waals surface area contributed by atoms with E-state index in [0.29, 0.717) is 11.2 Å². The van der Waals surface area contributed by atoms with Gasteiger partial charge in [0.1, 0.15) is 5.75 Å². The van der Waals surface area contributed by atoms with Crippen molar-refractivity contribution in [1.82, 2.24) is 20.1 Å². The summed E-state index contributed by atoms with van der Waals surface area (Å²) < 4.78 is 7.06. The quantitative estimate of drug-likeness (QED) is 0.680. The van der Waals surface area contributed by atoms with E-state index in [9.17, 15) is 4.79 Å². The number of likely N-dealkylation sites (tertiary alicyclic amines) is 1. The summed E-state index contributed by atoms with van der Waals surface area (Å²) in [6.07, 6.45) is 2.01. The Hall–Kier alpha value is -2.64. The van der Waals surface area contributed by atoms with Gasteiger partial charge < -0.3 is 15.0 Å². The van der Waals surface area contributed by atoms with Crippen molar-refractivity contribution >= 4 is 27.6 Å². The molecular weight excluding hydrogens is 384 g/mol. The lowest BCUT2D eigenvalue weighted by Crippen LogP contribution is -2.47. The Morgan fingerprint density at radius 2 is 1.93 bits per heavy atom. The van der Waals surface area contributed by atoms with Crippen LogP contribution in [0.15, 0.2) is 48.5 Å². The summed E-state index contributed by atoms with van der Waals surface area (Å²) in [6, 6.07) is 16.6. The highest BCUT2D eigenvalue weighted by Crippen LogP contribution is 2.31. The number of benzene rings is 2. The number of thiazole rings is 1. The second-order valence-electron chi connectivity index (χ2n) is 7.37. The van der Waals surface area contributed by atoms with E-state index in [-0.39, 0.29) is 6.03 Å². The molecule has 4 rings (SSSR count). The monoisotopic (exact) mass is 410 g/mol. The first-order chi connectivity index (χ1) is 14.1. The number of carbonyl (C=O) groups excluding carboxylic acids is 1. The van der Waals surface area contributed by atoms with Crippen molar-refractivity contribution in [1.29, 1.82) is 0 Å². The zero-order valence-electron chi connectivity index (χ0n) is 16.8. The third-order valence-electron chi connectivity index (χ3n) is 5.45. The highest BCUT2D eigenvalue weighted by Gasteiger charge is 2.24. The van der Waals surface area contributed by atoms with E-state index in [4.69, 9.17) is 4.74 Å². The molecule has 0 unspecified atom stereocenters. The van der Waals surface area contributed by atoms with Crippen LogP contribution in [-0.4, -0.2) is 54.0 Å². The minimum atomic E-state index is -0.00725. The maximum Gasteiger partial charge on any atom is 0.317 e. The summed E-state index contributed by atoms with van der Waals surface area (Å²) in [6.45, 7) is 2.91. The molecule has 1 aliphatic heterocycles. The fourth-order valence-electron chi connectivity index (χ4n) is 3.72. The summed E-state index contributed by atoms with van der Waals surface area (Å²) >= 11 is 1.56. The highest BCUT2D eigenvalue weighted by atomic mass is 32.1. The van der Waals surface area contributed by atoms with E-state index in [1.807, 2.05) is 42.3 Å². The molecule has 2 heterocycles. The molecule has 2 aromatic carbocycles. The van der Waals surface area contributed by atoms with Gasteiger partial charge in [-0.15, -0.1) is 0 Å². The standard InChI is InChI=1S/C22H26N4O2S/c1-23-21(27)25(2)17-11-13-26(14-12-17)15-16-7-9-18(10-8-16)28-22-24-19-5-3-4-6-20(19)29-22/h3-10,17H,11-15H2,1-2H3,(H,23,27). The molecule has 0 bridgehead atoms. The van der Waals surface area contributed by atoms with Crippen molar-refractivity contribution in [3.05, 3.63) is 54.1 Å².